The molecule has 1 aliphatic heterocycles. The van der Waals surface area contributed by atoms with Crippen LogP contribution in [0.1, 0.15) is 19.8 Å². The molecule has 3 nitrogen and oxygen atoms in total. The summed E-state index contributed by atoms with van der Waals surface area (Å²) in [4.78, 5) is 4.92. The highest BCUT2D eigenvalue weighted by Gasteiger charge is 2.27. The molecule has 0 saturated carbocycles. The zero-order valence-electron chi connectivity index (χ0n) is 5.78. The largest absolute Gasteiger partial charge is 0.387 e. The van der Waals surface area contributed by atoms with Crippen LogP contribution in [0.15, 0.2) is 5.16 Å². The van der Waals surface area contributed by atoms with E-state index in [1.807, 2.05) is 29.5 Å². The third kappa shape index (κ3) is 1.82. The number of nitrogens with zero attached hydrogens (tertiary/aromatic N) is 1. The fraction of sp³-hybridized carbons (Fsp3) is 0.833. The number of halogens is 1. The van der Waals surface area contributed by atoms with E-state index in [0.29, 0.717) is 0 Å². The van der Waals surface area contributed by atoms with Crippen molar-refractivity contribution < 1.29 is 32.5 Å². The summed E-state index contributed by atoms with van der Waals surface area (Å²) in [5.41, 5.74) is 0.790. The SMILES string of the molecule is CCC(O)C1=NOC([IH+])C1. The Morgan fingerprint density at radius 3 is 3.10 bits per heavy atom. The lowest BCUT2D eigenvalue weighted by Gasteiger charge is -2.02. The lowest BCUT2D eigenvalue weighted by Crippen LogP contribution is -3.39. The molecule has 2 atom stereocenters. The van der Waals surface area contributed by atoms with Crippen LogP contribution in [-0.2, 0) is 4.84 Å². The second-order valence-electron chi connectivity index (χ2n) is 2.25. The van der Waals surface area contributed by atoms with Gasteiger partial charge in [-0.15, -0.1) is 0 Å². The first-order valence-corrected chi connectivity index (χ1v) is 4.65. The summed E-state index contributed by atoms with van der Waals surface area (Å²) in [6, 6.07) is 0. The Morgan fingerprint density at radius 1 is 2.00 bits per heavy atom. The lowest BCUT2D eigenvalue weighted by atomic mass is 10.1. The molecule has 10 heavy (non-hydrogen) atoms. The highest BCUT2D eigenvalue weighted by atomic mass is 127. The number of aliphatic hydroxyl groups excluding tert-OH is 1. The molecule has 58 valence electrons. The second-order valence-corrected chi connectivity index (χ2v) is 3.75. The molecule has 4 heteroatoms. The van der Waals surface area contributed by atoms with Gasteiger partial charge in [0.25, 0.3) is 0 Å². The summed E-state index contributed by atoms with van der Waals surface area (Å²) in [6.45, 7) is 1.93. The van der Waals surface area contributed by atoms with Crippen molar-refractivity contribution in [3.63, 3.8) is 0 Å². The lowest BCUT2D eigenvalue weighted by molar-refractivity contribution is -0.484. The van der Waals surface area contributed by atoms with Gasteiger partial charge in [0.2, 0.25) is 0 Å². The van der Waals surface area contributed by atoms with E-state index in [-0.39, 0.29) is 4.11 Å². The van der Waals surface area contributed by atoms with Gasteiger partial charge in [-0.1, -0.05) is 12.1 Å². The van der Waals surface area contributed by atoms with Crippen molar-refractivity contribution >= 4 is 5.71 Å². The fourth-order valence-electron chi connectivity index (χ4n) is 0.804. The Labute approximate surface area is 73.6 Å². The Kier molecular flexibility index (Phi) is 2.91. The van der Waals surface area contributed by atoms with Crippen molar-refractivity contribution in [1.29, 1.82) is 0 Å². The Hall–Kier alpha value is 0.160. The molecule has 0 aromatic carbocycles. The molecule has 0 fully saturated rings. The molecule has 1 heterocycles. The molecular formula is C6H11INO2+. The number of oxime groups is 1. The monoisotopic (exact) mass is 256 g/mol. The number of aliphatic hydroxyl groups is 1. The van der Waals surface area contributed by atoms with E-state index in [9.17, 15) is 5.11 Å². The summed E-state index contributed by atoms with van der Waals surface area (Å²) in [5, 5.41) is 13.0. The third-order valence-corrected chi connectivity index (χ3v) is 2.16. The molecule has 0 amide bonds. The molecule has 0 aromatic heterocycles. The van der Waals surface area contributed by atoms with Gasteiger partial charge in [-0.3, -0.25) is 0 Å². The topological polar surface area (TPSA) is 41.8 Å². The number of rotatable bonds is 2. The van der Waals surface area contributed by atoms with Gasteiger partial charge in [0.05, 0.1) is 18.2 Å². The number of hydrogen-bond acceptors (Lipinski definition) is 3. The first kappa shape index (κ1) is 8.26. The predicted octanol–water partition coefficient (Wildman–Crippen LogP) is -2.85. The molecule has 1 rings (SSSR count). The smallest absolute Gasteiger partial charge is 0.316 e. The quantitative estimate of drug-likeness (QED) is 0.427. The van der Waals surface area contributed by atoms with Crippen molar-refractivity contribution in [2.24, 2.45) is 5.16 Å². The summed E-state index contributed by atoms with van der Waals surface area (Å²) < 4.78 is 0.159. The number of hydrogen-bond donors (Lipinski definition) is 1. The zero-order valence-corrected chi connectivity index (χ0v) is 8.11. The van der Waals surface area contributed by atoms with Crippen LogP contribution in [-0.4, -0.2) is 21.0 Å². The van der Waals surface area contributed by atoms with E-state index in [4.69, 9.17) is 4.84 Å². The van der Waals surface area contributed by atoms with Crippen LogP contribution in [0.4, 0.5) is 0 Å². The van der Waals surface area contributed by atoms with Gasteiger partial charge in [-0.05, 0) is 6.42 Å². The summed E-state index contributed by atoms with van der Waals surface area (Å²) in [6.07, 6.45) is 1.10. The minimum atomic E-state index is -0.397. The molecule has 0 aromatic rings. The van der Waals surface area contributed by atoms with Gasteiger partial charge >= 0.3 is 26.7 Å². The third-order valence-electron chi connectivity index (χ3n) is 1.43. The Balaban J connectivity index is 2.43. The second kappa shape index (κ2) is 3.52. The minimum absolute atomic E-state index is 0.159. The molecule has 2 unspecified atom stereocenters. The summed E-state index contributed by atoms with van der Waals surface area (Å²) in [5.74, 6) is 0. The van der Waals surface area contributed by atoms with Gasteiger partial charge in [0.1, 0.15) is 0 Å². The van der Waals surface area contributed by atoms with E-state index in [0.717, 1.165) is 18.6 Å². The molecule has 1 aliphatic rings. The summed E-state index contributed by atoms with van der Waals surface area (Å²) >= 11 is 1.87. The van der Waals surface area contributed by atoms with E-state index in [1.54, 1.807) is 0 Å². The first-order valence-electron chi connectivity index (χ1n) is 3.30. The molecular weight excluding hydrogens is 245 g/mol. The molecule has 0 saturated heterocycles. The maximum Gasteiger partial charge on any atom is 0.316 e. The van der Waals surface area contributed by atoms with Crippen LogP contribution in [0.25, 0.3) is 0 Å². The molecule has 0 spiro atoms. The highest BCUT2D eigenvalue weighted by molar-refractivity contribution is 5.89. The molecule has 1 N–H and O–H groups in total. The van der Waals surface area contributed by atoms with Crippen LogP contribution in [0, 0.1) is 0 Å². The Morgan fingerprint density at radius 2 is 2.70 bits per heavy atom. The predicted molar refractivity (Wildman–Crippen MR) is 34.6 cm³/mol. The van der Waals surface area contributed by atoms with Gasteiger partial charge in [-0.25, -0.2) is 0 Å². The van der Waals surface area contributed by atoms with Crippen molar-refractivity contribution in [1.82, 2.24) is 0 Å². The van der Waals surface area contributed by atoms with Crippen LogP contribution < -0.4 is 22.6 Å². The fourth-order valence-corrected chi connectivity index (χ4v) is 1.41. The molecule has 0 aliphatic carbocycles. The highest BCUT2D eigenvalue weighted by Crippen LogP contribution is 2.08. The van der Waals surface area contributed by atoms with Crippen molar-refractivity contribution in [2.75, 3.05) is 0 Å². The van der Waals surface area contributed by atoms with Gasteiger partial charge in [0.15, 0.2) is 0 Å². The normalized spacial score (nSPS) is 27.5. The maximum atomic E-state index is 9.27. The zero-order chi connectivity index (χ0) is 7.56. The average molecular weight is 256 g/mol. The van der Waals surface area contributed by atoms with Crippen molar-refractivity contribution in [3.05, 3.63) is 0 Å². The van der Waals surface area contributed by atoms with Gasteiger partial charge < -0.3 is 9.94 Å². The van der Waals surface area contributed by atoms with E-state index in [1.165, 1.54) is 0 Å². The Bertz CT molecular complexity index is 149. The van der Waals surface area contributed by atoms with Crippen LogP contribution in [0.5, 0.6) is 0 Å². The van der Waals surface area contributed by atoms with E-state index >= 15 is 0 Å². The van der Waals surface area contributed by atoms with Gasteiger partial charge in [0, 0.05) is 0 Å². The standard InChI is InChI=1S/C6H11INO2/c1-2-5(9)4-3-6(7)10-8-4/h5-7,9H,2-3H2,1H3/q+1. The van der Waals surface area contributed by atoms with Crippen LogP contribution in [0.3, 0.4) is 0 Å². The van der Waals surface area contributed by atoms with E-state index in [2.05, 4.69) is 5.16 Å². The van der Waals surface area contributed by atoms with Crippen molar-refractivity contribution in [3.8, 4) is 0 Å². The van der Waals surface area contributed by atoms with Crippen LogP contribution in [0.2, 0.25) is 0 Å². The molecule has 0 bridgehead atoms. The molecule has 0 radical (unpaired) electrons. The average Bonchev–Trinajstić information content (AvgIpc) is 2.34. The number of alkyl halides is 1. The maximum absolute atomic E-state index is 9.27. The minimum Gasteiger partial charge on any atom is -0.387 e. The van der Waals surface area contributed by atoms with Crippen molar-refractivity contribution in [2.45, 2.75) is 30.0 Å². The van der Waals surface area contributed by atoms with Gasteiger partial charge in [-0.2, -0.15) is 0 Å². The van der Waals surface area contributed by atoms with Crippen LogP contribution >= 0.6 is 0 Å². The summed E-state index contributed by atoms with van der Waals surface area (Å²) in [7, 11) is 0. The van der Waals surface area contributed by atoms with E-state index < -0.39 is 6.10 Å². The first-order chi connectivity index (χ1) is 4.74.